The number of likely N-dealkylation sites (N-methyl/N-ethyl adjacent to an activating group) is 1. The number of methoxy groups -OCH3 is 1. The van der Waals surface area contributed by atoms with Crippen molar-refractivity contribution in [3.63, 3.8) is 0 Å². The quantitative estimate of drug-likeness (QED) is 0.234. The van der Waals surface area contributed by atoms with Gasteiger partial charge in [-0.1, -0.05) is 58.0 Å². The molecule has 0 spiro atoms. The smallest absolute Gasteiger partial charge is 0.324 e. The Labute approximate surface area is 360 Å². The van der Waals surface area contributed by atoms with Gasteiger partial charge in [0.1, 0.15) is 18.1 Å². The molecule has 4 aliphatic rings. The molecule has 0 radical (unpaired) electrons. The molecule has 5 heterocycles. The van der Waals surface area contributed by atoms with Crippen molar-refractivity contribution in [1.82, 2.24) is 30.5 Å². The van der Waals surface area contributed by atoms with Crippen LogP contribution in [0.2, 0.25) is 0 Å². The second-order valence-corrected chi connectivity index (χ2v) is 18.5. The molecule has 2 aromatic carbocycles. The van der Waals surface area contributed by atoms with Gasteiger partial charge in [-0.2, -0.15) is 0 Å². The molecule has 4 aliphatic heterocycles. The highest BCUT2D eigenvalue weighted by molar-refractivity contribution is 5.95. The molecule has 1 aromatic heterocycles. The first-order valence-electron chi connectivity index (χ1n) is 22.3. The van der Waals surface area contributed by atoms with E-state index < -0.39 is 29.5 Å². The molecule has 13 nitrogen and oxygen atoms in total. The molecule has 5 atom stereocenters. The van der Waals surface area contributed by atoms with Crippen molar-refractivity contribution in [2.24, 2.45) is 22.2 Å². The zero-order valence-electron chi connectivity index (χ0n) is 37.3. The number of aliphatic imine (C=N–C) groups is 1. The lowest BCUT2D eigenvalue weighted by atomic mass is 9.83. The molecule has 7 rings (SSSR count). The number of hydrogen-bond donors (Lipinski definition) is 3. The van der Waals surface area contributed by atoms with Gasteiger partial charge in [-0.05, 0) is 99.2 Å². The number of benzene rings is 2. The predicted molar refractivity (Wildman–Crippen MR) is 238 cm³/mol. The largest absolute Gasteiger partial charge is 0.464 e. The molecule has 3 aromatic rings. The summed E-state index contributed by atoms with van der Waals surface area (Å²) in [6.07, 6.45) is 6.12. The summed E-state index contributed by atoms with van der Waals surface area (Å²) in [5.41, 5.74) is 11.2. The molecular weight excluding hydrogens is 771 g/mol. The van der Waals surface area contributed by atoms with E-state index in [9.17, 15) is 19.2 Å². The SMILES string of the molecule is CCn1c(C2=C([C@H](C)OC)N=CCC2)c2c3cc(ccc31)-c1cccc(c1)C[C@H](NC(=O)[C@H](C(C)C)N(C)C(=O)[C@H]1CCNC1)C(=O)N1CCC[C@H](N1)C(=O)OCC(C)(C)C2. The van der Waals surface area contributed by atoms with Crippen molar-refractivity contribution in [3.05, 3.63) is 65.0 Å². The zero-order valence-corrected chi connectivity index (χ0v) is 37.3. The van der Waals surface area contributed by atoms with Gasteiger partial charge in [-0.15, -0.1) is 0 Å². The minimum absolute atomic E-state index is 0.0831. The first-order chi connectivity index (χ1) is 29.2. The third-order valence-corrected chi connectivity index (χ3v) is 13.0. The first-order valence-corrected chi connectivity index (χ1v) is 22.3. The van der Waals surface area contributed by atoms with Crippen LogP contribution in [-0.2, 0) is 48.0 Å². The predicted octanol–water partition coefficient (Wildman–Crippen LogP) is 5.68. The van der Waals surface area contributed by atoms with Crippen molar-refractivity contribution in [2.45, 2.75) is 117 Å². The number of carbonyl (C=O) groups is 4. The fourth-order valence-electron chi connectivity index (χ4n) is 9.72. The maximum atomic E-state index is 14.6. The van der Waals surface area contributed by atoms with Gasteiger partial charge >= 0.3 is 5.97 Å². The number of fused-ring (bicyclic) bond motifs is 6. The lowest BCUT2D eigenvalue weighted by molar-refractivity contribution is -0.155. The summed E-state index contributed by atoms with van der Waals surface area (Å²) < 4.78 is 14.4. The second kappa shape index (κ2) is 18.6. The minimum atomic E-state index is -0.980. The highest BCUT2D eigenvalue weighted by Crippen LogP contribution is 2.42. The molecule has 328 valence electrons. The number of amides is 3. The zero-order chi connectivity index (χ0) is 43.6. The number of nitrogens with zero attached hydrogens (tertiary/aromatic N) is 4. The standard InChI is InChI=1S/C48H65N7O6/c1-9-54-40-18-17-33-25-36(40)37(43(54)35-15-11-20-50-41(35)30(4)60-8)26-48(5,6)28-61-47(59)38-16-12-22-55(52-38)46(58)39(24-31-13-10-14-32(33)23-31)51-44(56)42(29(2)3)53(7)45(57)34-19-21-49-27-34/h10,13-14,17-18,20,23,25,29-30,34,38-39,42,49,52H,9,11-12,15-16,19,21-22,24,26-28H2,1-8H3,(H,51,56)/t30-,34-,38-,39-,42-/m0/s1. The van der Waals surface area contributed by atoms with Crippen LogP contribution in [0.1, 0.15) is 90.5 Å². The Kier molecular flexibility index (Phi) is 13.5. The molecule has 61 heavy (non-hydrogen) atoms. The van der Waals surface area contributed by atoms with Gasteiger partial charge in [0, 0.05) is 68.3 Å². The van der Waals surface area contributed by atoms with E-state index in [2.05, 4.69) is 71.7 Å². The van der Waals surface area contributed by atoms with Crippen LogP contribution >= 0.6 is 0 Å². The molecule has 0 aliphatic carbocycles. The number of rotatable bonds is 9. The van der Waals surface area contributed by atoms with Gasteiger partial charge in [0.15, 0.2) is 0 Å². The number of aryl methyl sites for hydroxylation is 1. The van der Waals surface area contributed by atoms with Crippen molar-refractivity contribution >= 4 is 46.4 Å². The normalized spacial score (nSPS) is 23.2. The van der Waals surface area contributed by atoms with E-state index >= 15 is 0 Å². The lowest BCUT2D eigenvalue weighted by Crippen LogP contribution is -2.62. The van der Waals surface area contributed by atoms with Crippen molar-refractivity contribution < 1.29 is 28.7 Å². The minimum Gasteiger partial charge on any atom is -0.464 e. The maximum Gasteiger partial charge on any atom is 0.324 e. The first kappa shape index (κ1) is 44.2. The van der Waals surface area contributed by atoms with Crippen LogP contribution < -0.4 is 16.1 Å². The van der Waals surface area contributed by atoms with Crippen LogP contribution in [0.4, 0.5) is 0 Å². The molecular formula is C48H65N7O6. The number of carbonyl (C=O) groups excluding carboxylic acids is 4. The average Bonchev–Trinajstić information content (AvgIpc) is 3.90. The fraction of sp³-hybridized carbons (Fsp3) is 0.562. The molecule has 2 saturated heterocycles. The van der Waals surface area contributed by atoms with E-state index in [-0.39, 0.29) is 48.7 Å². The Morgan fingerprint density at radius 3 is 2.61 bits per heavy atom. The number of nitrogens with one attached hydrogen (secondary N) is 3. The van der Waals surface area contributed by atoms with Gasteiger partial charge in [0.25, 0.3) is 5.91 Å². The molecule has 0 unspecified atom stereocenters. The second-order valence-electron chi connectivity index (χ2n) is 18.5. The summed E-state index contributed by atoms with van der Waals surface area (Å²) in [6, 6.07) is 12.3. The van der Waals surface area contributed by atoms with Crippen molar-refractivity contribution in [3.8, 4) is 11.1 Å². The van der Waals surface area contributed by atoms with Crippen LogP contribution in [0.3, 0.4) is 0 Å². The number of hydrazine groups is 1. The monoisotopic (exact) mass is 835 g/mol. The van der Waals surface area contributed by atoms with Gasteiger partial charge in [0.05, 0.1) is 30.0 Å². The van der Waals surface area contributed by atoms with E-state index in [1.54, 1.807) is 19.1 Å². The van der Waals surface area contributed by atoms with Gasteiger partial charge in [-0.25, -0.2) is 5.43 Å². The Morgan fingerprint density at radius 1 is 1.10 bits per heavy atom. The summed E-state index contributed by atoms with van der Waals surface area (Å²) in [5.74, 6) is -1.65. The molecule has 6 bridgehead atoms. The number of aromatic nitrogens is 1. The van der Waals surface area contributed by atoms with Crippen LogP contribution in [0.15, 0.2) is 53.2 Å². The lowest BCUT2D eigenvalue weighted by Gasteiger charge is -2.37. The van der Waals surface area contributed by atoms with Crippen LogP contribution in [0, 0.1) is 17.3 Å². The van der Waals surface area contributed by atoms with Gasteiger partial charge < -0.3 is 29.6 Å². The van der Waals surface area contributed by atoms with Crippen LogP contribution in [-0.4, -0.2) is 109 Å². The summed E-state index contributed by atoms with van der Waals surface area (Å²) in [7, 11) is 3.40. The number of allylic oxidation sites excluding steroid dienone is 1. The van der Waals surface area contributed by atoms with Crippen LogP contribution in [0.5, 0.6) is 0 Å². The topological polar surface area (TPSA) is 147 Å². The highest BCUT2D eigenvalue weighted by atomic mass is 16.5. The summed E-state index contributed by atoms with van der Waals surface area (Å²) in [4.78, 5) is 62.8. The third-order valence-electron chi connectivity index (χ3n) is 13.0. The number of ether oxygens (including phenoxy) is 2. The number of esters is 1. The maximum absolute atomic E-state index is 14.6. The highest BCUT2D eigenvalue weighted by Gasteiger charge is 2.39. The van der Waals surface area contributed by atoms with E-state index in [4.69, 9.17) is 14.5 Å². The van der Waals surface area contributed by atoms with Gasteiger partial charge in [0.2, 0.25) is 11.8 Å². The fourth-order valence-corrected chi connectivity index (χ4v) is 9.72. The van der Waals surface area contributed by atoms with E-state index in [1.807, 2.05) is 39.1 Å². The number of cyclic esters (lactones) is 1. The van der Waals surface area contributed by atoms with E-state index in [0.29, 0.717) is 32.4 Å². The molecule has 3 amide bonds. The molecule has 2 fully saturated rings. The van der Waals surface area contributed by atoms with E-state index in [0.717, 1.165) is 71.3 Å². The Bertz CT molecular complexity index is 2200. The Balaban J connectivity index is 1.32. The summed E-state index contributed by atoms with van der Waals surface area (Å²) in [5, 5.41) is 8.94. The van der Waals surface area contributed by atoms with Crippen molar-refractivity contribution in [1.29, 1.82) is 0 Å². The molecule has 13 heteroatoms. The van der Waals surface area contributed by atoms with Crippen molar-refractivity contribution in [2.75, 3.05) is 40.4 Å². The Hall–Kier alpha value is -4.85. The summed E-state index contributed by atoms with van der Waals surface area (Å²) >= 11 is 0. The van der Waals surface area contributed by atoms with Gasteiger partial charge in [-0.3, -0.25) is 29.2 Å². The number of hydrogen-bond acceptors (Lipinski definition) is 9. The van der Waals surface area contributed by atoms with E-state index in [1.165, 1.54) is 16.1 Å². The summed E-state index contributed by atoms with van der Waals surface area (Å²) in [6.45, 7) is 15.0. The average molecular weight is 836 g/mol. The Morgan fingerprint density at radius 2 is 1.89 bits per heavy atom. The third kappa shape index (κ3) is 9.34. The van der Waals surface area contributed by atoms with Crippen LogP contribution in [0.25, 0.3) is 27.6 Å². The molecule has 3 N–H and O–H groups in total. The molecule has 0 saturated carbocycles.